The minimum absolute atomic E-state index is 0.281. The summed E-state index contributed by atoms with van der Waals surface area (Å²) in [6.07, 6.45) is 0. The number of nitriles is 1. The minimum atomic E-state index is -3.40. The molecule has 1 atom stereocenters. The van der Waals surface area contributed by atoms with Crippen LogP contribution >= 0.6 is 19.4 Å². The molecular formula is C15H22NO3PS. The number of thioether (sulfide) groups is 1. The highest BCUT2D eigenvalue weighted by molar-refractivity contribution is 8.08. The van der Waals surface area contributed by atoms with Gasteiger partial charge in [0, 0.05) is 0 Å². The van der Waals surface area contributed by atoms with Gasteiger partial charge in [-0.15, -0.1) is 0 Å². The van der Waals surface area contributed by atoms with Gasteiger partial charge in [-0.05, 0) is 63.1 Å². The van der Waals surface area contributed by atoms with Crippen LogP contribution in [0.4, 0.5) is 0 Å². The van der Waals surface area contributed by atoms with Crippen molar-refractivity contribution in [1.29, 1.82) is 5.26 Å². The van der Waals surface area contributed by atoms with Crippen molar-refractivity contribution in [1.82, 2.24) is 0 Å². The molecule has 0 radical (unpaired) electrons. The van der Waals surface area contributed by atoms with E-state index in [-0.39, 0.29) is 13.2 Å². The number of rotatable bonds is 7. The maximum Gasteiger partial charge on any atom is 0.349 e. The summed E-state index contributed by atoms with van der Waals surface area (Å²) in [6.45, 7) is 10.0. The first-order valence-electron chi connectivity index (χ1n) is 6.90. The largest absolute Gasteiger partial charge is 0.349 e. The molecule has 1 aromatic carbocycles. The molecule has 1 unspecified atom stereocenters. The highest BCUT2D eigenvalue weighted by Gasteiger charge is 2.39. The molecule has 0 fully saturated rings. The highest BCUT2D eigenvalue weighted by atomic mass is 32.2. The molecule has 0 saturated heterocycles. The number of hydrogen-bond acceptors (Lipinski definition) is 5. The van der Waals surface area contributed by atoms with Crippen LogP contribution in [0.3, 0.4) is 0 Å². The van der Waals surface area contributed by atoms with E-state index in [0.717, 1.165) is 34.0 Å². The lowest BCUT2D eigenvalue weighted by Crippen LogP contribution is -2.07. The molecule has 1 rings (SSSR count). The Balaban J connectivity index is 3.42. The molecule has 0 aromatic heterocycles. The Labute approximate surface area is 131 Å². The van der Waals surface area contributed by atoms with Crippen LogP contribution in [0, 0.1) is 31.4 Å². The first-order chi connectivity index (χ1) is 9.89. The van der Waals surface area contributed by atoms with Crippen LogP contribution in [0.2, 0.25) is 0 Å². The molecule has 0 bridgehead atoms. The van der Waals surface area contributed by atoms with Crippen LogP contribution in [0.5, 0.6) is 0 Å². The van der Waals surface area contributed by atoms with Crippen LogP contribution in [0.15, 0.2) is 12.1 Å². The molecule has 0 aliphatic rings. The van der Waals surface area contributed by atoms with E-state index in [9.17, 15) is 4.57 Å². The SMILES string of the molecule is CCOP(=O)(OCC)C(SC#N)c1c(C)cc(C)cc1C. The fraction of sp³-hybridized carbons (Fsp3) is 0.533. The second-order valence-electron chi connectivity index (χ2n) is 4.75. The van der Waals surface area contributed by atoms with Crippen molar-refractivity contribution in [3.8, 4) is 5.40 Å². The van der Waals surface area contributed by atoms with Gasteiger partial charge in [-0.1, -0.05) is 17.7 Å². The van der Waals surface area contributed by atoms with Gasteiger partial charge in [-0.25, -0.2) is 0 Å². The van der Waals surface area contributed by atoms with Crippen molar-refractivity contribution in [2.45, 2.75) is 39.6 Å². The third-order valence-corrected chi connectivity index (χ3v) is 6.78. The predicted octanol–water partition coefficient (Wildman–Crippen LogP) is 5.09. The van der Waals surface area contributed by atoms with Crippen LogP contribution in [-0.4, -0.2) is 13.2 Å². The summed E-state index contributed by atoms with van der Waals surface area (Å²) in [5.41, 5.74) is 4.01. The lowest BCUT2D eigenvalue weighted by Gasteiger charge is -2.26. The van der Waals surface area contributed by atoms with Crippen molar-refractivity contribution in [2.24, 2.45) is 0 Å². The van der Waals surface area contributed by atoms with Crippen molar-refractivity contribution in [3.05, 3.63) is 34.4 Å². The number of nitrogens with zero attached hydrogens (tertiary/aromatic N) is 1. The Morgan fingerprint density at radius 1 is 1.19 bits per heavy atom. The Morgan fingerprint density at radius 2 is 1.67 bits per heavy atom. The molecule has 1 aromatic rings. The summed E-state index contributed by atoms with van der Waals surface area (Å²) in [7, 11) is -3.40. The van der Waals surface area contributed by atoms with Crippen molar-refractivity contribution >= 4 is 19.4 Å². The lowest BCUT2D eigenvalue weighted by molar-refractivity contribution is 0.218. The van der Waals surface area contributed by atoms with E-state index >= 15 is 0 Å². The van der Waals surface area contributed by atoms with Crippen LogP contribution < -0.4 is 0 Å². The summed E-state index contributed by atoms with van der Waals surface area (Å²) in [5.74, 6) is 0. The molecule has 21 heavy (non-hydrogen) atoms. The predicted molar refractivity (Wildman–Crippen MR) is 87.5 cm³/mol. The molecule has 0 aliphatic heterocycles. The second-order valence-corrected chi connectivity index (χ2v) is 8.10. The highest BCUT2D eigenvalue weighted by Crippen LogP contribution is 2.66. The number of aryl methyl sites for hydroxylation is 3. The summed E-state index contributed by atoms with van der Waals surface area (Å²) < 4.78 is 24.0. The Kier molecular flexibility index (Phi) is 6.96. The molecule has 0 heterocycles. The molecule has 0 spiro atoms. The smallest absolute Gasteiger partial charge is 0.308 e. The third kappa shape index (κ3) is 4.34. The number of thiocyanates is 1. The monoisotopic (exact) mass is 327 g/mol. The average Bonchev–Trinajstić information content (AvgIpc) is 2.37. The van der Waals surface area contributed by atoms with Crippen LogP contribution in [0.1, 0.15) is 41.1 Å². The van der Waals surface area contributed by atoms with Gasteiger partial charge < -0.3 is 9.05 Å². The minimum Gasteiger partial charge on any atom is -0.308 e. The van der Waals surface area contributed by atoms with Crippen molar-refractivity contribution in [2.75, 3.05) is 13.2 Å². The van der Waals surface area contributed by atoms with Gasteiger partial charge >= 0.3 is 7.60 Å². The van der Waals surface area contributed by atoms with Crippen LogP contribution in [0.25, 0.3) is 0 Å². The lowest BCUT2D eigenvalue weighted by atomic mass is 10.0. The summed E-state index contributed by atoms with van der Waals surface area (Å²) in [5, 5.41) is 11.2. The Bertz CT molecular complexity index is 550. The maximum absolute atomic E-state index is 13.1. The second kappa shape index (κ2) is 8.00. The topological polar surface area (TPSA) is 59.3 Å². The van der Waals surface area contributed by atoms with E-state index in [1.165, 1.54) is 0 Å². The normalized spacial score (nSPS) is 13.0. The molecular weight excluding hydrogens is 305 g/mol. The van der Waals surface area contributed by atoms with E-state index in [2.05, 4.69) is 0 Å². The Hall–Kier alpha value is -0.790. The summed E-state index contributed by atoms with van der Waals surface area (Å²) >= 11 is 0.943. The fourth-order valence-electron chi connectivity index (χ4n) is 2.44. The molecule has 0 saturated carbocycles. The zero-order chi connectivity index (χ0) is 16.0. The van der Waals surface area contributed by atoms with E-state index in [4.69, 9.17) is 14.3 Å². The number of hydrogen-bond donors (Lipinski definition) is 0. The van der Waals surface area contributed by atoms with Gasteiger partial charge in [0.05, 0.1) is 13.2 Å². The van der Waals surface area contributed by atoms with E-state index < -0.39 is 12.6 Å². The molecule has 6 heteroatoms. The number of benzene rings is 1. The zero-order valence-electron chi connectivity index (χ0n) is 13.2. The molecule has 0 N–H and O–H groups in total. The van der Waals surface area contributed by atoms with Crippen LogP contribution in [-0.2, 0) is 13.6 Å². The third-order valence-electron chi connectivity index (χ3n) is 3.05. The molecule has 0 aliphatic carbocycles. The van der Waals surface area contributed by atoms with Gasteiger partial charge in [0.25, 0.3) is 0 Å². The zero-order valence-corrected chi connectivity index (χ0v) is 14.9. The Morgan fingerprint density at radius 3 is 2.05 bits per heavy atom. The first-order valence-corrected chi connectivity index (χ1v) is 9.40. The molecule has 0 amide bonds. The van der Waals surface area contributed by atoms with Gasteiger partial charge in [0.2, 0.25) is 0 Å². The quantitative estimate of drug-likeness (QED) is 0.515. The van der Waals surface area contributed by atoms with E-state index in [1.807, 2.05) is 38.3 Å². The fourth-order valence-corrected chi connectivity index (χ4v) is 5.85. The summed E-state index contributed by atoms with van der Waals surface area (Å²) in [4.78, 5) is -0.622. The van der Waals surface area contributed by atoms with Gasteiger partial charge in [0.1, 0.15) is 10.4 Å². The van der Waals surface area contributed by atoms with Gasteiger partial charge in [0.15, 0.2) is 0 Å². The van der Waals surface area contributed by atoms with E-state index in [1.54, 1.807) is 13.8 Å². The maximum atomic E-state index is 13.1. The van der Waals surface area contributed by atoms with Gasteiger partial charge in [-0.3, -0.25) is 4.57 Å². The molecule has 116 valence electrons. The summed E-state index contributed by atoms with van der Waals surface area (Å²) in [6, 6.07) is 4.05. The standard InChI is InChI=1S/C15H22NO3PS/c1-6-18-20(17,19-7-2)15(21-10-16)14-12(4)8-11(3)9-13(14)5/h8-9,15H,6-7H2,1-5H3. The van der Waals surface area contributed by atoms with Crippen molar-refractivity contribution < 1.29 is 13.6 Å². The van der Waals surface area contributed by atoms with Gasteiger partial charge in [-0.2, -0.15) is 5.26 Å². The first kappa shape index (κ1) is 18.3. The van der Waals surface area contributed by atoms with Crippen molar-refractivity contribution in [3.63, 3.8) is 0 Å². The van der Waals surface area contributed by atoms with E-state index in [0.29, 0.717) is 0 Å². The molecule has 4 nitrogen and oxygen atoms in total. The average molecular weight is 327 g/mol.